The summed E-state index contributed by atoms with van der Waals surface area (Å²) in [6.07, 6.45) is 1.21. The van der Waals surface area contributed by atoms with Gasteiger partial charge in [-0.3, -0.25) is 19.7 Å². The van der Waals surface area contributed by atoms with Crippen LogP contribution in [0.1, 0.15) is 5.56 Å². The van der Waals surface area contributed by atoms with E-state index in [0.717, 1.165) is 10.7 Å². The van der Waals surface area contributed by atoms with Crippen molar-refractivity contribution in [2.24, 2.45) is 10.8 Å². The predicted octanol–water partition coefficient (Wildman–Crippen LogP) is 4.77. The van der Waals surface area contributed by atoms with Crippen LogP contribution in [-0.4, -0.2) is 33.3 Å². The van der Waals surface area contributed by atoms with E-state index in [2.05, 4.69) is 10.1 Å². The third kappa shape index (κ3) is 4.80. The molecule has 0 aliphatic rings. The number of hydrogen-bond donors (Lipinski definition) is 1. The molecule has 0 bridgehead atoms. The lowest BCUT2D eigenvalue weighted by molar-refractivity contribution is -0.385. The number of nitro groups is 1. The average Bonchev–Trinajstić information content (AvgIpc) is 3.30. The minimum atomic E-state index is -0.829. The molecule has 0 atom stereocenters. The zero-order valence-electron chi connectivity index (χ0n) is 19.1. The van der Waals surface area contributed by atoms with Crippen LogP contribution in [0.15, 0.2) is 75.0 Å². The molecule has 0 aliphatic carbocycles. The van der Waals surface area contributed by atoms with Gasteiger partial charge in [-0.05, 0) is 42.5 Å². The van der Waals surface area contributed by atoms with E-state index in [-0.39, 0.29) is 27.9 Å². The van der Waals surface area contributed by atoms with Crippen molar-refractivity contribution >= 4 is 62.9 Å². The molecule has 0 unspecified atom stereocenters. The molecule has 0 fully saturated rings. The number of nitrogens with zero attached hydrogens (tertiary/aromatic N) is 4. The van der Waals surface area contributed by atoms with Crippen molar-refractivity contribution in [3.8, 4) is 17.3 Å². The van der Waals surface area contributed by atoms with Gasteiger partial charge in [0, 0.05) is 22.0 Å². The number of furan rings is 1. The molecule has 0 aliphatic heterocycles. The molecular weight excluding hydrogens is 537 g/mol. The Labute approximate surface area is 222 Å². The van der Waals surface area contributed by atoms with E-state index in [1.165, 1.54) is 12.3 Å². The van der Waals surface area contributed by atoms with Gasteiger partial charge in [0.25, 0.3) is 11.5 Å². The van der Waals surface area contributed by atoms with Gasteiger partial charge < -0.3 is 14.9 Å². The van der Waals surface area contributed by atoms with Crippen LogP contribution in [0.3, 0.4) is 0 Å². The summed E-state index contributed by atoms with van der Waals surface area (Å²) in [5.41, 5.74) is 5.17. The number of carbonyl (C=O) groups excluding carboxylic acids is 1. The summed E-state index contributed by atoms with van der Waals surface area (Å²) >= 11 is 12.3. The fraction of sp³-hybridized carbons (Fsp3) is 0.0400. The van der Waals surface area contributed by atoms with Crippen molar-refractivity contribution in [3.63, 3.8) is 0 Å². The number of nitro benzene ring substituents is 1. The van der Waals surface area contributed by atoms with Crippen LogP contribution in [0.25, 0.3) is 33.5 Å². The Morgan fingerprint density at radius 3 is 2.74 bits per heavy atom. The number of aromatic nitrogens is 2. The third-order valence-electron chi connectivity index (χ3n) is 5.38. The second kappa shape index (κ2) is 9.96. The van der Waals surface area contributed by atoms with Crippen molar-refractivity contribution in [2.75, 3.05) is 6.61 Å². The Kier molecular flexibility index (Phi) is 6.53. The SMILES string of the molecule is NC(=O)COc1c(Cl)cc(C=Nn2c(-c3cc4cc(Cl)ccc4o3)nc3ccccc3c2=O)cc1[N+](=O)[O-]. The highest BCUT2D eigenvalue weighted by Crippen LogP contribution is 2.36. The first-order valence-electron chi connectivity index (χ1n) is 10.9. The van der Waals surface area contributed by atoms with E-state index in [1.54, 1.807) is 48.5 Å². The zero-order chi connectivity index (χ0) is 27.0. The van der Waals surface area contributed by atoms with E-state index >= 15 is 0 Å². The van der Waals surface area contributed by atoms with Crippen molar-refractivity contribution in [1.29, 1.82) is 0 Å². The Balaban J connectivity index is 1.65. The number of carbonyl (C=O) groups is 1. The summed E-state index contributed by atoms with van der Waals surface area (Å²) in [6, 6.07) is 15.9. The maximum atomic E-state index is 13.4. The number of hydrogen-bond acceptors (Lipinski definition) is 8. The quantitative estimate of drug-likeness (QED) is 0.173. The largest absolute Gasteiger partial charge is 0.476 e. The van der Waals surface area contributed by atoms with Gasteiger partial charge >= 0.3 is 5.69 Å². The molecule has 0 saturated carbocycles. The van der Waals surface area contributed by atoms with Crippen LogP contribution in [0.4, 0.5) is 5.69 Å². The van der Waals surface area contributed by atoms with Crippen LogP contribution >= 0.6 is 23.2 Å². The van der Waals surface area contributed by atoms with E-state index in [1.807, 2.05) is 0 Å². The van der Waals surface area contributed by atoms with Crippen LogP contribution in [0.2, 0.25) is 10.0 Å². The molecule has 11 nitrogen and oxygen atoms in total. The molecule has 5 aromatic rings. The topological polar surface area (TPSA) is 156 Å². The van der Waals surface area contributed by atoms with E-state index in [9.17, 15) is 19.7 Å². The smallest absolute Gasteiger partial charge is 0.313 e. The summed E-state index contributed by atoms with van der Waals surface area (Å²) < 4.78 is 12.1. The zero-order valence-corrected chi connectivity index (χ0v) is 20.6. The molecule has 13 heteroatoms. The van der Waals surface area contributed by atoms with Crippen LogP contribution in [-0.2, 0) is 4.79 Å². The first-order chi connectivity index (χ1) is 18.2. The molecule has 2 N–H and O–H groups in total. The maximum Gasteiger partial charge on any atom is 0.313 e. The number of fused-ring (bicyclic) bond motifs is 2. The fourth-order valence-electron chi connectivity index (χ4n) is 3.73. The number of primary amides is 1. The van der Waals surface area contributed by atoms with Crippen LogP contribution < -0.4 is 16.0 Å². The van der Waals surface area contributed by atoms with Gasteiger partial charge in [-0.15, -0.1) is 0 Å². The Morgan fingerprint density at radius 1 is 1.18 bits per heavy atom. The maximum absolute atomic E-state index is 13.4. The number of rotatable bonds is 7. The van der Waals surface area contributed by atoms with Gasteiger partial charge in [0.15, 0.2) is 12.4 Å². The Hall–Kier alpha value is -4.74. The lowest BCUT2D eigenvalue weighted by Gasteiger charge is -2.09. The highest BCUT2D eigenvalue weighted by molar-refractivity contribution is 6.32. The monoisotopic (exact) mass is 551 g/mol. The van der Waals surface area contributed by atoms with Crippen molar-refractivity contribution in [3.05, 3.63) is 96.7 Å². The molecule has 0 saturated heterocycles. The number of amides is 1. The van der Waals surface area contributed by atoms with Crippen molar-refractivity contribution in [1.82, 2.24) is 9.66 Å². The summed E-state index contributed by atoms with van der Waals surface area (Å²) in [5.74, 6) is -0.802. The van der Waals surface area contributed by atoms with Gasteiger partial charge in [0.2, 0.25) is 11.6 Å². The lowest BCUT2D eigenvalue weighted by atomic mass is 10.2. The average molecular weight is 552 g/mol. The molecule has 5 rings (SSSR count). The summed E-state index contributed by atoms with van der Waals surface area (Å²) in [7, 11) is 0. The van der Waals surface area contributed by atoms with Gasteiger partial charge in [-0.25, -0.2) is 4.98 Å². The van der Waals surface area contributed by atoms with E-state index in [4.69, 9.17) is 38.1 Å². The van der Waals surface area contributed by atoms with Gasteiger partial charge in [-0.2, -0.15) is 9.78 Å². The minimum absolute atomic E-state index is 0.0966. The standard InChI is InChI=1S/C25H15Cl2N5O6/c26-15-5-6-20-14(9-15)10-21(38-20)24-30-18-4-2-1-3-16(18)25(34)31(24)29-11-13-7-17(27)23(37-12-22(28)33)19(8-13)32(35)36/h1-11H,12H2,(H2,28,33). The van der Waals surface area contributed by atoms with Gasteiger partial charge in [0.1, 0.15) is 5.58 Å². The van der Waals surface area contributed by atoms with Crippen LogP contribution in [0, 0.1) is 10.1 Å². The van der Waals surface area contributed by atoms with Gasteiger partial charge in [-0.1, -0.05) is 35.3 Å². The summed E-state index contributed by atoms with van der Waals surface area (Å²) in [5, 5.41) is 17.2. The molecule has 0 spiro atoms. The van der Waals surface area contributed by atoms with E-state index < -0.39 is 28.7 Å². The van der Waals surface area contributed by atoms with Crippen LogP contribution in [0.5, 0.6) is 5.75 Å². The molecule has 1 amide bonds. The highest BCUT2D eigenvalue weighted by Gasteiger charge is 2.22. The first kappa shape index (κ1) is 24.9. The molecule has 0 radical (unpaired) electrons. The fourth-order valence-corrected chi connectivity index (χ4v) is 4.19. The molecule has 190 valence electrons. The first-order valence-corrected chi connectivity index (χ1v) is 11.6. The van der Waals surface area contributed by atoms with E-state index in [0.29, 0.717) is 26.9 Å². The summed E-state index contributed by atoms with van der Waals surface area (Å²) in [6.45, 7) is -0.599. The molecule has 2 aromatic heterocycles. The molecule has 3 aromatic carbocycles. The Morgan fingerprint density at radius 2 is 1.97 bits per heavy atom. The highest BCUT2D eigenvalue weighted by atomic mass is 35.5. The minimum Gasteiger partial charge on any atom is -0.476 e. The number of halogens is 2. The molecule has 38 heavy (non-hydrogen) atoms. The molecule has 2 heterocycles. The summed E-state index contributed by atoms with van der Waals surface area (Å²) in [4.78, 5) is 39.9. The van der Waals surface area contributed by atoms with Gasteiger partial charge in [0.05, 0.1) is 27.1 Å². The number of benzene rings is 3. The number of para-hydroxylation sites is 1. The predicted molar refractivity (Wildman–Crippen MR) is 142 cm³/mol. The number of nitrogens with two attached hydrogens (primary N) is 1. The number of ether oxygens (including phenoxy) is 1. The second-order valence-corrected chi connectivity index (χ2v) is 8.81. The molecular formula is C25H15Cl2N5O6. The normalized spacial score (nSPS) is 11.4. The van der Waals surface area contributed by atoms with Crippen molar-refractivity contribution < 1.29 is 18.9 Å². The van der Waals surface area contributed by atoms with Crippen molar-refractivity contribution in [2.45, 2.75) is 0 Å². The third-order valence-corrected chi connectivity index (χ3v) is 5.89. The lowest BCUT2D eigenvalue weighted by Crippen LogP contribution is -2.20. The Bertz CT molecular complexity index is 1850. The second-order valence-electron chi connectivity index (χ2n) is 7.97.